The lowest BCUT2D eigenvalue weighted by Crippen LogP contribution is -2.11. The van der Waals surface area contributed by atoms with Crippen molar-refractivity contribution in [2.75, 3.05) is 6.67 Å². The molecule has 0 aliphatic carbocycles. The maximum Gasteiger partial charge on any atom is 0.223 e. The van der Waals surface area contributed by atoms with Crippen molar-refractivity contribution in [3.8, 4) is 5.75 Å². The zero-order valence-electron chi connectivity index (χ0n) is 9.88. The lowest BCUT2D eigenvalue weighted by atomic mass is 10.2. The zero-order valence-corrected chi connectivity index (χ0v) is 9.88. The molecule has 1 heterocycles. The Bertz CT molecular complexity index is 551. The van der Waals surface area contributed by atoms with Gasteiger partial charge in [-0.25, -0.2) is 4.39 Å². The van der Waals surface area contributed by atoms with E-state index in [1.54, 1.807) is 10.8 Å². The van der Waals surface area contributed by atoms with Gasteiger partial charge in [0.25, 0.3) is 0 Å². The number of alkyl halides is 1. The van der Waals surface area contributed by atoms with E-state index in [1.807, 2.05) is 30.3 Å². The average Bonchev–Trinajstić information content (AvgIpc) is 2.41. The molecule has 4 heteroatoms. The number of hydrogen-bond donors (Lipinski definition) is 0. The second-order valence-corrected chi connectivity index (χ2v) is 3.87. The van der Waals surface area contributed by atoms with E-state index in [0.29, 0.717) is 6.61 Å². The molecule has 1 aromatic heterocycles. The fraction of sp³-hybridized carbons (Fsp3) is 0.214. The van der Waals surface area contributed by atoms with E-state index in [9.17, 15) is 9.18 Å². The Balaban J connectivity index is 2.09. The number of benzene rings is 1. The van der Waals surface area contributed by atoms with Crippen molar-refractivity contribution in [1.82, 2.24) is 4.57 Å². The van der Waals surface area contributed by atoms with Gasteiger partial charge in [-0.15, -0.1) is 0 Å². The number of aromatic nitrogens is 1. The minimum atomic E-state index is -0.471. The summed E-state index contributed by atoms with van der Waals surface area (Å²) in [4.78, 5) is 11.6. The molecule has 18 heavy (non-hydrogen) atoms. The third kappa shape index (κ3) is 3.20. The molecule has 94 valence electrons. The number of halogens is 1. The van der Waals surface area contributed by atoms with Gasteiger partial charge in [0, 0.05) is 12.3 Å². The first-order valence-electron chi connectivity index (χ1n) is 5.72. The molecule has 0 aliphatic heterocycles. The molecule has 0 saturated carbocycles. The van der Waals surface area contributed by atoms with Gasteiger partial charge in [-0.1, -0.05) is 30.3 Å². The van der Waals surface area contributed by atoms with E-state index < -0.39 is 6.67 Å². The molecule has 1 aromatic carbocycles. The fourth-order valence-electron chi connectivity index (χ4n) is 1.58. The summed E-state index contributed by atoms with van der Waals surface area (Å²) in [5, 5.41) is 0. The Morgan fingerprint density at radius 2 is 1.94 bits per heavy atom. The Morgan fingerprint density at radius 3 is 2.67 bits per heavy atom. The molecule has 0 unspecified atom stereocenters. The highest BCUT2D eigenvalue weighted by Gasteiger charge is 2.02. The van der Waals surface area contributed by atoms with Crippen LogP contribution in [-0.2, 0) is 13.2 Å². The summed E-state index contributed by atoms with van der Waals surface area (Å²) in [6.07, 6.45) is 3.09. The number of pyridine rings is 1. The predicted octanol–water partition coefficient (Wildman–Crippen LogP) is 2.40. The highest BCUT2D eigenvalue weighted by atomic mass is 19.1. The minimum absolute atomic E-state index is 0.193. The average molecular weight is 247 g/mol. The molecule has 2 rings (SSSR count). The normalized spacial score (nSPS) is 10.3. The van der Waals surface area contributed by atoms with E-state index in [4.69, 9.17) is 4.74 Å². The molecule has 0 fully saturated rings. The Morgan fingerprint density at radius 1 is 1.17 bits per heavy atom. The molecule has 0 amide bonds. The molecular formula is C14H14FNO2. The quantitative estimate of drug-likeness (QED) is 0.812. The van der Waals surface area contributed by atoms with Gasteiger partial charge in [-0.3, -0.25) is 4.79 Å². The van der Waals surface area contributed by atoms with Gasteiger partial charge in [0.05, 0.1) is 12.7 Å². The third-order valence-electron chi connectivity index (χ3n) is 2.52. The van der Waals surface area contributed by atoms with Gasteiger partial charge in [-0.2, -0.15) is 0 Å². The van der Waals surface area contributed by atoms with E-state index in [-0.39, 0.29) is 17.7 Å². The first kappa shape index (κ1) is 12.4. The first-order valence-corrected chi connectivity index (χ1v) is 5.72. The molecule has 2 aromatic rings. The highest BCUT2D eigenvalue weighted by molar-refractivity contribution is 5.19. The summed E-state index contributed by atoms with van der Waals surface area (Å²) in [5.41, 5.74) is 0.791. The SMILES string of the molecule is O=c1ccn(CCF)cc1OCc1ccccc1. The fourth-order valence-corrected chi connectivity index (χ4v) is 1.58. The van der Waals surface area contributed by atoms with Crippen LogP contribution in [-0.4, -0.2) is 11.2 Å². The van der Waals surface area contributed by atoms with Crippen molar-refractivity contribution in [2.24, 2.45) is 0 Å². The molecule has 0 N–H and O–H groups in total. The molecular weight excluding hydrogens is 233 g/mol. The van der Waals surface area contributed by atoms with Crippen LogP contribution in [0.2, 0.25) is 0 Å². The number of nitrogens with zero attached hydrogens (tertiary/aromatic N) is 1. The number of hydrogen-bond acceptors (Lipinski definition) is 2. The summed E-state index contributed by atoms with van der Waals surface area (Å²) in [5.74, 6) is 0.245. The van der Waals surface area contributed by atoms with Crippen LogP contribution in [0.25, 0.3) is 0 Å². The van der Waals surface area contributed by atoms with Gasteiger partial charge >= 0.3 is 0 Å². The van der Waals surface area contributed by atoms with Crippen LogP contribution in [0.15, 0.2) is 53.6 Å². The van der Waals surface area contributed by atoms with Gasteiger partial charge in [0.2, 0.25) is 5.43 Å². The van der Waals surface area contributed by atoms with Crippen LogP contribution in [0.4, 0.5) is 4.39 Å². The molecule has 0 aliphatic rings. The maximum atomic E-state index is 12.2. The smallest absolute Gasteiger partial charge is 0.223 e. The Kier molecular flexibility index (Phi) is 4.12. The monoisotopic (exact) mass is 247 g/mol. The third-order valence-corrected chi connectivity index (χ3v) is 2.52. The standard InChI is InChI=1S/C14H14FNO2/c15-7-9-16-8-6-13(17)14(10-16)18-11-12-4-2-1-3-5-12/h1-6,8,10H,7,9,11H2. The second kappa shape index (κ2) is 6.00. The maximum absolute atomic E-state index is 12.2. The van der Waals surface area contributed by atoms with Crippen molar-refractivity contribution in [3.63, 3.8) is 0 Å². The van der Waals surface area contributed by atoms with E-state index in [2.05, 4.69) is 0 Å². The summed E-state index contributed by atoms with van der Waals surface area (Å²) in [7, 11) is 0. The van der Waals surface area contributed by atoms with Crippen molar-refractivity contribution in [1.29, 1.82) is 0 Å². The summed E-state index contributed by atoms with van der Waals surface area (Å²) in [6.45, 7) is 0.0820. The topological polar surface area (TPSA) is 31.2 Å². The zero-order chi connectivity index (χ0) is 12.8. The van der Waals surface area contributed by atoms with Crippen LogP contribution in [0.3, 0.4) is 0 Å². The minimum Gasteiger partial charge on any atom is -0.483 e. The molecule has 0 spiro atoms. The molecule has 0 atom stereocenters. The lowest BCUT2D eigenvalue weighted by Gasteiger charge is -2.08. The van der Waals surface area contributed by atoms with Gasteiger partial charge in [0.15, 0.2) is 5.75 Å². The van der Waals surface area contributed by atoms with Gasteiger partial charge < -0.3 is 9.30 Å². The van der Waals surface area contributed by atoms with Crippen molar-refractivity contribution in [2.45, 2.75) is 13.2 Å². The van der Waals surface area contributed by atoms with Crippen molar-refractivity contribution >= 4 is 0 Å². The van der Waals surface area contributed by atoms with E-state index in [0.717, 1.165) is 5.56 Å². The first-order chi connectivity index (χ1) is 8.79. The van der Waals surface area contributed by atoms with Crippen LogP contribution in [0, 0.1) is 0 Å². The molecule has 3 nitrogen and oxygen atoms in total. The Hall–Kier alpha value is -2.10. The van der Waals surface area contributed by atoms with E-state index >= 15 is 0 Å². The summed E-state index contributed by atoms with van der Waals surface area (Å²) >= 11 is 0. The summed E-state index contributed by atoms with van der Waals surface area (Å²) < 4.78 is 19.3. The number of aryl methyl sites for hydroxylation is 1. The second-order valence-electron chi connectivity index (χ2n) is 3.87. The van der Waals surface area contributed by atoms with Gasteiger partial charge in [-0.05, 0) is 5.56 Å². The van der Waals surface area contributed by atoms with Crippen LogP contribution in [0.1, 0.15) is 5.56 Å². The van der Waals surface area contributed by atoms with Gasteiger partial charge in [0.1, 0.15) is 13.3 Å². The van der Waals surface area contributed by atoms with Crippen LogP contribution in [0.5, 0.6) is 5.75 Å². The predicted molar refractivity (Wildman–Crippen MR) is 67.5 cm³/mol. The lowest BCUT2D eigenvalue weighted by molar-refractivity contribution is 0.299. The molecule has 0 radical (unpaired) electrons. The number of ether oxygens (including phenoxy) is 1. The Labute approximate surface area is 104 Å². The van der Waals surface area contributed by atoms with Crippen LogP contribution < -0.4 is 10.2 Å². The molecule has 0 saturated heterocycles. The van der Waals surface area contributed by atoms with E-state index in [1.165, 1.54) is 12.3 Å². The highest BCUT2D eigenvalue weighted by Crippen LogP contribution is 2.07. The van der Waals surface area contributed by atoms with Crippen LogP contribution >= 0.6 is 0 Å². The largest absolute Gasteiger partial charge is 0.483 e. The van der Waals surface area contributed by atoms with Crippen molar-refractivity contribution < 1.29 is 9.13 Å². The molecule has 0 bridgehead atoms. The summed E-state index contributed by atoms with van der Waals surface area (Å²) in [6, 6.07) is 11.0. The van der Waals surface area contributed by atoms with Crippen molar-refractivity contribution in [3.05, 3.63) is 64.6 Å². The number of rotatable bonds is 5.